The molecule has 0 aromatic heterocycles. The molecule has 80 valence electrons. The highest BCUT2D eigenvalue weighted by molar-refractivity contribution is 6.13. The van der Waals surface area contributed by atoms with Gasteiger partial charge in [0.05, 0.1) is 5.54 Å². The summed E-state index contributed by atoms with van der Waals surface area (Å²) in [6.45, 7) is 0. The molecule has 0 heterocycles. The van der Waals surface area contributed by atoms with E-state index in [-0.39, 0.29) is 5.78 Å². The highest BCUT2D eigenvalue weighted by atomic mass is 16.1. The monoisotopic (exact) mass is 211 g/mol. The molecule has 2 aromatic carbocycles. The van der Waals surface area contributed by atoms with Crippen LogP contribution in [0.3, 0.4) is 0 Å². The Balaban J connectivity index is 2.20. The van der Waals surface area contributed by atoms with Crippen molar-refractivity contribution >= 4 is 16.6 Å². The van der Waals surface area contributed by atoms with E-state index in [1.165, 1.54) is 0 Å². The van der Waals surface area contributed by atoms with Gasteiger partial charge in [0.25, 0.3) is 0 Å². The van der Waals surface area contributed by atoms with Crippen molar-refractivity contribution in [3.63, 3.8) is 0 Å². The van der Waals surface area contributed by atoms with Crippen LogP contribution in [0, 0.1) is 0 Å². The van der Waals surface area contributed by atoms with Crippen molar-refractivity contribution in [1.29, 1.82) is 0 Å². The maximum atomic E-state index is 12.2. The number of hydrogen-bond acceptors (Lipinski definition) is 2. The molecule has 16 heavy (non-hydrogen) atoms. The summed E-state index contributed by atoms with van der Waals surface area (Å²) in [7, 11) is 0. The minimum atomic E-state index is -0.579. The lowest BCUT2D eigenvalue weighted by atomic mass is 9.97. The van der Waals surface area contributed by atoms with Crippen LogP contribution in [0.25, 0.3) is 10.8 Å². The fourth-order valence-corrected chi connectivity index (χ4v) is 2.05. The molecule has 0 bridgehead atoms. The van der Waals surface area contributed by atoms with Crippen molar-refractivity contribution in [3.05, 3.63) is 48.0 Å². The van der Waals surface area contributed by atoms with Gasteiger partial charge in [-0.2, -0.15) is 0 Å². The summed E-state index contributed by atoms with van der Waals surface area (Å²) in [6, 6.07) is 13.7. The molecule has 0 saturated heterocycles. The Bertz CT molecular complexity index is 564. The molecule has 2 heteroatoms. The molecule has 3 rings (SSSR count). The van der Waals surface area contributed by atoms with E-state index < -0.39 is 5.54 Å². The van der Waals surface area contributed by atoms with E-state index in [4.69, 9.17) is 5.73 Å². The number of hydrogen-bond donors (Lipinski definition) is 1. The van der Waals surface area contributed by atoms with Crippen molar-refractivity contribution < 1.29 is 4.79 Å². The van der Waals surface area contributed by atoms with E-state index in [0.717, 1.165) is 29.2 Å². The number of rotatable bonds is 2. The fourth-order valence-electron chi connectivity index (χ4n) is 2.05. The van der Waals surface area contributed by atoms with Gasteiger partial charge in [-0.15, -0.1) is 0 Å². The zero-order chi connectivity index (χ0) is 11.2. The van der Waals surface area contributed by atoms with Crippen LogP contribution in [0.4, 0.5) is 0 Å². The van der Waals surface area contributed by atoms with E-state index in [9.17, 15) is 4.79 Å². The van der Waals surface area contributed by atoms with Crippen molar-refractivity contribution in [2.24, 2.45) is 5.73 Å². The molecule has 0 atom stereocenters. The highest BCUT2D eigenvalue weighted by Gasteiger charge is 2.46. The van der Waals surface area contributed by atoms with E-state index in [2.05, 4.69) is 0 Å². The third-order valence-corrected chi connectivity index (χ3v) is 3.28. The second kappa shape index (κ2) is 3.16. The molecule has 2 N–H and O–H groups in total. The van der Waals surface area contributed by atoms with Gasteiger partial charge in [-0.25, -0.2) is 0 Å². The summed E-state index contributed by atoms with van der Waals surface area (Å²) in [5, 5.41) is 2.10. The quantitative estimate of drug-likeness (QED) is 0.775. The molecular weight excluding hydrogens is 198 g/mol. The van der Waals surface area contributed by atoms with Gasteiger partial charge in [-0.1, -0.05) is 42.5 Å². The molecular formula is C14H13NO. The van der Waals surface area contributed by atoms with Gasteiger partial charge in [-0.05, 0) is 23.6 Å². The standard InChI is InChI=1S/C14H13NO/c15-14(8-9-14)13(16)12-7-3-5-10-4-1-2-6-11(10)12/h1-7H,8-9,15H2. The molecule has 2 nitrogen and oxygen atoms in total. The maximum Gasteiger partial charge on any atom is 0.183 e. The van der Waals surface area contributed by atoms with Gasteiger partial charge in [0.1, 0.15) is 0 Å². The average Bonchev–Trinajstić information content (AvgIpc) is 3.07. The van der Waals surface area contributed by atoms with Crippen LogP contribution in [0.5, 0.6) is 0 Å². The van der Waals surface area contributed by atoms with Crippen LogP contribution >= 0.6 is 0 Å². The topological polar surface area (TPSA) is 43.1 Å². The summed E-state index contributed by atoms with van der Waals surface area (Å²) >= 11 is 0. The van der Waals surface area contributed by atoms with Crippen LogP contribution < -0.4 is 5.73 Å². The first-order chi connectivity index (χ1) is 7.71. The summed E-state index contributed by atoms with van der Waals surface area (Å²) in [6.07, 6.45) is 1.63. The Morgan fingerprint density at radius 3 is 2.50 bits per heavy atom. The lowest BCUT2D eigenvalue weighted by molar-refractivity contribution is 0.0951. The molecule has 0 unspecified atom stereocenters. The van der Waals surface area contributed by atoms with Gasteiger partial charge >= 0.3 is 0 Å². The Kier molecular flexibility index (Phi) is 1.88. The molecule has 0 aliphatic heterocycles. The summed E-state index contributed by atoms with van der Waals surface area (Å²) in [5.74, 6) is 0.0873. The van der Waals surface area contributed by atoms with Crippen molar-refractivity contribution in [3.8, 4) is 0 Å². The Morgan fingerprint density at radius 2 is 1.75 bits per heavy atom. The molecule has 0 spiro atoms. The first kappa shape index (κ1) is 9.55. The van der Waals surface area contributed by atoms with Gasteiger partial charge in [-0.3, -0.25) is 4.79 Å². The summed E-state index contributed by atoms with van der Waals surface area (Å²) in [5.41, 5.74) is 6.15. The number of Topliss-reactive ketones (excluding diaryl/α,β-unsaturated/α-hetero) is 1. The summed E-state index contributed by atoms with van der Waals surface area (Å²) in [4.78, 5) is 12.2. The van der Waals surface area contributed by atoms with E-state index in [1.807, 2.05) is 42.5 Å². The van der Waals surface area contributed by atoms with Crippen LogP contribution in [0.15, 0.2) is 42.5 Å². The molecule has 0 radical (unpaired) electrons. The second-order valence-electron chi connectivity index (χ2n) is 4.51. The molecule has 1 fully saturated rings. The van der Waals surface area contributed by atoms with Crippen molar-refractivity contribution in [2.45, 2.75) is 18.4 Å². The highest BCUT2D eigenvalue weighted by Crippen LogP contribution is 2.37. The smallest absolute Gasteiger partial charge is 0.183 e. The number of nitrogens with two attached hydrogens (primary N) is 1. The van der Waals surface area contributed by atoms with E-state index in [0.29, 0.717) is 0 Å². The van der Waals surface area contributed by atoms with E-state index >= 15 is 0 Å². The second-order valence-corrected chi connectivity index (χ2v) is 4.51. The van der Waals surface area contributed by atoms with Crippen LogP contribution in [-0.4, -0.2) is 11.3 Å². The van der Waals surface area contributed by atoms with Crippen LogP contribution in [-0.2, 0) is 0 Å². The lowest BCUT2D eigenvalue weighted by Crippen LogP contribution is -2.32. The third-order valence-electron chi connectivity index (χ3n) is 3.28. The Labute approximate surface area is 94.1 Å². The van der Waals surface area contributed by atoms with Crippen molar-refractivity contribution in [1.82, 2.24) is 0 Å². The lowest BCUT2D eigenvalue weighted by Gasteiger charge is -2.10. The first-order valence-corrected chi connectivity index (χ1v) is 5.52. The minimum Gasteiger partial charge on any atom is -0.319 e. The summed E-state index contributed by atoms with van der Waals surface area (Å²) < 4.78 is 0. The Hall–Kier alpha value is -1.67. The Morgan fingerprint density at radius 1 is 1.06 bits per heavy atom. The predicted octanol–water partition coefficient (Wildman–Crippen LogP) is 2.51. The minimum absolute atomic E-state index is 0.0873. The number of fused-ring (bicyclic) bond motifs is 1. The van der Waals surface area contributed by atoms with Gasteiger partial charge < -0.3 is 5.73 Å². The molecule has 1 aliphatic carbocycles. The average molecular weight is 211 g/mol. The molecule has 1 saturated carbocycles. The molecule has 0 amide bonds. The van der Waals surface area contributed by atoms with E-state index in [1.54, 1.807) is 0 Å². The number of benzene rings is 2. The van der Waals surface area contributed by atoms with Crippen LogP contribution in [0.2, 0.25) is 0 Å². The first-order valence-electron chi connectivity index (χ1n) is 5.52. The van der Waals surface area contributed by atoms with Crippen LogP contribution in [0.1, 0.15) is 23.2 Å². The normalized spacial score (nSPS) is 17.3. The van der Waals surface area contributed by atoms with Gasteiger partial charge in [0.2, 0.25) is 0 Å². The number of ketones is 1. The van der Waals surface area contributed by atoms with Gasteiger partial charge in [0, 0.05) is 5.56 Å². The predicted molar refractivity (Wildman–Crippen MR) is 64.4 cm³/mol. The number of carbonyl (C=O) groups is 1. The zero-order valence-corrected chi connectivity index (χ0v) is 8.94. The van der Waals surface area contributed by atoms with Gasteiger partial charge in [0.15, 0.2) is 5.78 Å². The van der Waals surface area contributed by atoms with Crippen molar-refractivity contribution in [2.75, 3.05) is 0 Å². The number of carbonyl (C=O) groups excluding carboxylic acids is 1. The molecule has 2 aromatic rings. The fraction of sp³-hybridized carbons (Fsp3) is 0.214. The zero-order valence-electron chi connectivity index (χ0n) is 8.94. The molecule has 1 aliphatic rings. The largest absolute Gasteiger partial charge is 0.319 e. The SMILES string of the molecule is NC1(C(=O)c2cccc3ccccc23)CC1. The third kappa shape index (κ3) is 1.34. The maximum absolute atomic E-state index is 12.2.